The molecule has 0 aliphatic heterocycles. The number of rotatable bonds is 7. The van der Waals surface area contributed by atoms with Gasteiger partial charge in [0.1, 0.15) is 0 Å². The highest BCUT2D eigenvalue weighted by molar-refractivity contribution is 5.96. The lowest BCUT2D eigenvalue weighted by Gasteiger charge is -2.08. The summed E-state index contributed by atoms with van der Waals surface area (Å²) < 4.78 is 4.97. The molecule has 0 aromatic heterocycles. The Labute approximate surface area is 126 Å². The summed E-state index contributed by atoms with van der Waals surface area (Å²) in [6, 6.07) is 5.62. The zero-order chi connectivity index (χ0) is 15.5. The average Bonchev–Trinajstić information content (AvgIpc) is 2.48. The molecule has 1 rings (SSSR count). The number of benzene rings is 1. The first kappa shape index (κ1) is 17.2. The minimum atomic E-state index is -0.107. The molecule has 4 nitrogen and oxygen atoms in total. The van der Waals surface area contributed by atoms with E-state index < -0.39 is 0 Å². The number of aryl methyl sites for hydroxylation is 1. The summed E-state index contributed by atoms with van der Waals surface area (Å²) in [5.41, 5.74) is 2.31. The molecule has 0 bridgehead atoms. The van der Waals surface area contributed by atoms with Gasteiger partial charge in [0.05, 0.1) is 12.2 Å². The maximum absolute atomic E-state index is 12.2. The van der Waals surface area contributed by atoms with Gasteiger partial charge >= 0.3 is 0 Å². The van der Waals surface area contributed by atoms with Crippen LogP contribution < -0.4 is 5.32 Å². The third-order valence-corrected chi connectivity index (χ3v) is 2.94. The van der Waals surface area contributed by atoms with Crippen LogP contribution in [0.25, 0.3) is 0 Å². The van der Waals surface area contributed by atoms with Crippen LogP contribution in [0.1, 0.15) is 40.7 Å². The number of amides is 1. The van der Waals surface area contributed by atoms with Crippen LogP contribution in [0.4, 0.5) is 0 Å². The molecule has 4 heteroatoms. The number of nitrogens with one attached hydrogen (secondary N) is 1. The smallest absolute Gasteiger partial charge is 0.252 e. The summed E-state index contributed by atoms with van der Waals surface area (Å²) in [5, 5.41) is 11.7. The Morgan fingerprint density at radius 3 is 2.90 bits per heavy atom. The molecule has 0 aliphatic carbocycles. The van der Waals surface area contributed by atoms with Crippen molar-refractivity contribution in [2.45, 2.75) is 26.2 Å². The molecule has 2 N–H and O–H groups in total. The van der Waals surface area contributed by atoms with Crippen molar-refractivity contribution < 1.29 is 14.6 Å². The first-order chi connectivity index (χ1) is 10.2. The normalized spacial score (nSPS) is 9.86. The van der Waals surface area contributed by atoms with Crippen molar-refractivity contribution in [2.24, 2.45) is 0 Å². The van der Waals surface area contributed by atoms with Gasteiger partial charge in [0.15, 0.2) is 0 Å². The van der Waals surface area contributed by atoms with Crippen LogP contribution >= 0.6 is 0 Å². The van der Waals surface area contributed by atoms with Crippen LogP contribution in [-0.4, -0.2) is 37.9 Å². The van der Waals surface area contributed by atoms with Crippen molar-refractivity contribution in [1.82, 2.24) is 5.32 Å². The number of methoxy groups -OCH3 is 1. The number of aliphatic hydroxyl groups is 1. The lowest BCUT2D eigenvalue weighted by Crippen LogP contribution is -2.25. The fraction of sp³-hybridized carbons (Fsp3) is 0.471. The number of ether oxygens (including phenoxy) is 1. The highest BCUT2D eigenvalue weighted by Crippen LogP contribution is 2.11. The van der Waals surface area contributed by atoms with Crippen LogP contribution in [0.15, 0.2) is 18.2 Å². The minimum absolute atomic E-state index is 0.0277. The Hall–Kier alpha value is -1.83. The highest BCUT2D eigenvalue weighted by Gasteiger charge is 2.09. The molecule has 1 aromatic rings. The highest BCUT2D eigenvalue weighted by atomic mass is 16.5. The first-order valence-corrected chi connectivity index (χ1v) is 7.16. The quantitative estimate of drug-likeness (QED) is 0.595. The van der Waals surface area contributed by atoms with E-state index in [1.807, 2.05) is 25.1 Å². The SMILES string of the molecule is COCCCCNC(=O)c1cc(C)ccc1C#CCCO. The third kappa shape index (κ3) is 6.44. The summed E-state index contributed by atoms with van der Waals surface area (Å²) >= 11 is 0. The summed E-state index contributed by atoms with van der Waals surface area (Å²) in [7, 11) is 1.67. The van der Waals surface area contributed by atoms with Gasteiger partial charge in [-0.3, -0.25) is 4.79 Å². The van der Waals surface area contributed by atoms with Gasteiger partial charge in [0, 0.05) is 32.2 Å². The van der Waals surface area contributed by atoms with Gasteiger partial charge in [-0.05, 0) is 31.9 Å². The number of hydrogen-bond acceptors (Lipinski definition) is 3. The van der Waals surface area contributed by atoms with E-state index in [2.05, 4.69) is 17.2 Å². The van der Waals surface area contributed by atoms with Crippen molar-refractivity contribution >= 4 is 5.91 Å². The molecule has 114 valence electrons. The maximum atomic E-state index is 12.2. The second kappa shape index (κ2) is 9.98. The van der Waals surface area contributed by atoms with Crippen LogP contribution in [0.3, 0.4) is 0 Å². The van der Waals surface area contributed by atoms with Gasteiger partial charge in [-0.25, -0.2) is 0 Å². The van der Waals surface area contributed by atoms with E-state index in [-0.39, 0.29) is 12.5 Å². The van der Waals surface area contributed by atoms with E-state index in [4.69, 9.17) is 9.84 Å². The van der Waals surface area contributed by atoms with E-state index in [9.17, 15) is 4.79 Å². The minimum Gasteiger partial charge on any atom is -0.395 e. The van der Waals surface area contributed by atoms with Crippen molar-refractivity contribution in [3.63, 3.8) is 0 Å². The Bertz CT molecular complexity index is 515. The summed E-state index contributed by atoms with van der Waals surface area (Å²) in [5.74, 6) is 5.69. The van der Waals surface area contributed by atoms with Gasteiger partial charge < -0.3 is 15.2 Å². The molecule has 0 fully saturated rings. The lowest BCUT2D eigenvalue weighted by atomic mass is 10.0. The van der Waals surface area contributed by atoms with Crippen molar-refractivity contribution in [1.29, 1.82) is 0 Å². The van der Waals surface area contributed by atoms with E-state index in [1.54, 1.807) is 7.11 Å². The zero-order valence-electron chi connectivity index (χ0n) is 12.7. The van der Waals surface area contributed by atoms with Gasteiger partial charge in [0.25, 0.3) is 5.91 Å². The second-order valence-corrected chi connectivity index (χ2v) is 4.78. The van der Waals surface area contributed by atoms with Crippen LogP contribution in [0.2, 0.25) is 0 Å². The van der Waals surface area contributed by atoms with E-state index in [0.717, 1.165) is 18.4 Å². The average molecular weight is 289 g/mol. The van der Waals surface area contributed by atoms with Gasteiger partial charge in [-0.1, -0.05) is 23.5 Å². The Morgan fingerprint density at radius 1 is 1.38 bits per heavy atom. The largest absolute Gasteiger partial charge is 0.395 e. The van der Waals surface area contributed by atoms with Crippen molar-refractivity contribution in [3.05, 3.63) is 34.9 Å². The summed E-state index contributed by atoms with van der Waals surface area (Å²) in [6.45, 7) is 3.30. The Balaban J connectivity index is 2.69. The molecular formula is C17H23NO3. The third-order valence-electron chi connectivity index (χ3n) is 2.94. The molecule has 1 amide bonds. The Morgan fingerprint density at radius 2 is 2.19 bits per heavy atom. The molecule has 0 atom stereocenters. The van der Waals surface area contributed by atoms with Gasteiger partial charge in [-0.15, -0.1) is 0 Å². The zero-order valence-corrected chi connectivity index (χ0v) is 12.7. The van der Waals surface area contributed by atoms with Gasteiger partial charge in [-0.2, -0.15) is 0 Å². The molecule has 0 saturated heterocycles. The number of hydrogen-bond donors (Lipinski definition) is 2. The van der Waals surface area contributed by atoms with Crippen molar-refractivity contribution in [2.75, 3.05) is 26.9 Å². The Kier molecular flexibility index (Phi) is 8.18. The summed E-state index contributed by atoms with van der Waals surface area (Å²) in [6.07, 6.45) is 2.22. The molecule has 0 unspecified atom stereocenters. The predicted octanol–water partition coefficient (Wildman–Crippen LogP) is 1.89. The fourth-order valence-corrected chi connectivity index (χ4v) is 1.84. The van der Waals surface area contributed by atoms with E-state index in [1.165, 1.54) is 0 Å². The predicted molar refractivity (Wildman–Crippen MR) is 83.2 cm³/mol. The lowest BCUT2D eigenvalue weighted by molar-refractivity contribution is 0.0951. The molecule has 0 heterocycles. The molecule has 21 heavy (non-hydrogen) atoms. The number of carbonyl (C=O) groups excluding carboxylic acids is 1. The van der Waals surface area contributed by atoms with Crippen LogP contribution in [-0.2, 0) is 4.74 Å². The summed E-state index contributed by atoms with van der Waals surface area (Å²) in [4.78, 5) is 12.2. The van der Waals surface area contributed by atoms with Gasteiger partial charge in [0.2, 0.25) is 0 Å². The van der Waals surface area contributed by atoms with Crippen molar-refractivity contribution in [3.8, 4) is 11.8 Å². The number of carbonyl (C=O) groups is 1. The standard InChI is InChI=1S/C17H23NO3/c1-14-8-9-15(7-3-5-11-19)16(13-14)17(20)18-10-4-6-12-21-2/h8-9,13,19H,4-6,10-12H2,1-2H3,(H,18,20). The molecule has 0 aliphatic rings. The second-order valence-electron chi connectivity index (χ2n) is 4.78. The number of aliphatic hydroxyl groups excluding tert-OH is 1. The molecule has 0 saturated carbocycles. The topological polar surface area (TPSA) is 58.6 Å². The monoisotopic (exact) mass is 289 g/mol. The molecular weight excluding hydrogens is 266 g/mol. The van der Waals surface area contributed by atoms with Crippen LogP contribution in [0.5, 0.6) is 0 Å². The van der Waals surface area contributed by atoms with Crippen LogP contribution in [0, 0.1) is 18.8 Å². The molecule has 1 aromatic carbocycles. The van der Waals surface area contributed by atoms with E-state index >= 15 is 0 Å². The molecule has 0 spiro atoms. The fourth-order valence-electron chi connectivity index (χ4n) is 1.84. The maximum Gasteiger partial charge on any atom is 0.252 e. The molecule has 0 radical (unpaired) electrons. The van der Waals surface area contributed by atoms with E-state index in [0.29, 0.717) is 30.7 Å². The number of unbranched alkanes of at least 4 members (excludes halogenated alkanes) is 1. The first-order valence-electron chi connectivity index (χ1n) is 7.16.